The average Bonchev–Trinajstić information content (AvgIpc) is 2.33. The SMILES string of the molecule is CCCNc1cncc(NCC(O)C(N)=O)n1. The smallest absolute Gasteiger partial charge is 0.248 e. The van der Waals surface area contributed by atoms with Crippen molar-refractivity contribution < 1.29 is 9.90 Å². The van der Waals surface area contributed by atoms with Gasteiger partial charge in [-0.25, -0.2) is 4.98 Å². The molecule has 1 amide bonds. The lowest BCUT2D eigenvalue weighted by molar-refractivity contribution is -0.125. The number of amides is 1. The first-order valence-corrected chi connectivity index (χ1v) is 5.40. The van der Waals surface area contributed by atoms with E-state index in [9.17, 15) is 9.90 Å². The fourth-order valence-corrected chi connectivity index (χ4v) is 1.09. The van der Waals surface area contributed by atoms with Crippen LogP contribution in [0.15, 0.2) is 12.4 Å². The van der Waals surface area contributed by atoms with Gasteiger partial charge in [-0.1, -0.05) is 6.92 Å². The molecule has 0 aliphatic carbocycles. The maximum atomic E-state index is 10.6. The van der Waals surface area contributed by atoms with Crippen molar-refractivity contribution in [3.63, 3.8) is 0 Å². The topological polar surface area (TPSA) is 113 Å². The summed E-state index contributed by atoms with van der Waals surface area (Å²) in [4.78, 5) is 18.8. The predicted octanol–water partition coefficient (Wildman–Crippen LogP) is -0.443. The van der Waals surface area contributed by atoms with Crippen molar-refractivity contribution in [3.05, 3.63) is 12.4 Å². The number of carbonyl (C=O) groups is 1. The van der Waals surface area contributed by atoms with Gasteiger partial charge in [0.2, 0.25) is 5.91 Å². The zero-order valence-electron chi connectivity index (χ0n) is 9.68. The number of nitrogens with one attached hydrogen (secondary N) is 2. The standard InChI is InChI=1S/C10H17N5O2/c1-2-3-13-8-5-12-6-9(15-8)14-4-7(16)10(11)17/h5-7,16H,2-4H2,1H3,(H2,11,17)(H2,13,14,15). The Kier molecular flexibility index (Phi) is 5.15. The summed E-state index contributed by atoms with van der Waals surface area (Å²) in [5.41, 5.74) is 4.92. The molecule has 7 heteroatoms. The Balaban J connectivity index is 2.50. The highest BCUT2D eigenvalue weighted by molar-refractivity contribution is 5.79. The number of primary amides is 1. The van der Waals surface area contributed by atoms with E-state index in [4.69, 9.17) is 5.73 Å². The molecule has 1 heterocycles. The van der Waals surface area contributed by atoms with Gasteiger partial charge in [-0.3, -0.25) is 9.78 Å². The number of hydrogen-bond acceptors (Lipinski definition) is 6. The summed E-state index contributed by atoms with van der Waals surface area (Å²) in [7, 11) is 0. The summed E-state index contributed by atoms with van der Waals surface area (Å²) in [6.45, 7) is 2.87. The van der Waals surface area contributed by atoms with Crippen molar-refractivity contribution in [2.75, 3.05) is 23.7 Å². The van der Waals surface area contributed by atoms with Crippen molar-refractivity contribution in [3.8, 4) is 0 Å². The lowest BCUT2D eigenvalue weighted by Crippen LogP contribution is -2.34. The molecule has 0 fully saturated rings. The van der Waals surface area contributed by atoms with Gasteiger partial charge in [0.25, 0.3) is 0 Å². The van der Waals surface area contributed by atoms with Gasteiger partial charge in [0.05, 0.1) is 18.9 Å². The number of aliphatic hydroxyl groups is 1. The van der Waals surface area contributed by atoms with Gasteiger partial charge >= 0.3 is 0 Å². The molecule has 1 rings (SSSR count). The van der Waals surface area contributed by atoms with E-state index in [0.717, 1.165) is 13.0 Å². The van der Waals surface area contributed by atoms with Crippen LogP contribution in [0.25, 0.3) is 0 Å². The van der Waals surface area contributed by atoms with Crippen molar-refractivity contribution in [1.82, 2.24) is 9.97 Å². The van der Waals surface area contributed by atoms with Crippen molar-refractivity contribution >= 4 is 17.5 Å². The maximum Gasteiger partial charge on any atom is 0.248 e. The Bertz CT molecular complexity index is 371. The number of carbonyl (C=O) groups excluding carboxylic acids is 1. The van der Waals surface area contributed by atoms with Gasteiger partial charge in [0.15, 0.2) is 0 Å². The molecular weight excluding hydrogens is 222 g/mol. The molecule has 94 valence electrons. The van der Waals surface area contributed by atoms with Gasteiger partial charge in [-0.15, -0.1) is 0 Å². The lowest BCUT2D eigenvalue weighted by atomic mass is 10.3. The van der Waals surface area contributed by atoms with Gasteiger partial charge in [0.1, 0.15) is 17.7 Å². The first-order chi connectivity index (χ1) is 8.13. The van der Waals surface area contributed by atoms with Gasteiger partial charge in [-0.05, 0) is 6.42 Å². The third-order valence-electron chi connectivity index (χ3n) is 2.00. The number of anilines is 2. The Morgan fingerprint density at radius 3 is 2.71 bits per heavy atom. The van der Waals surface area contributed by atoms with Crippen LogP contribution in [0.5, 0.6) is 0 Å². The van der Waals surface area contributed by atoms with E-state index in [-0.39, 0.29) is 6.54 Å². The molecule has 5 N–H and O–H groups in total. The Hall–Kier alpha value is -1.89. The number of aromatic nitrogens is 2. The van der Waals surface area contributed by atoms with Crippen molar-refractivity contribution in [2.45, 2.75) is 19.4 Å². The molecule has 0 saturated heterocycles. The second-order valence-corrected chi connectivity index (χ2v) is 3.52. The molecule has 1 unspecified atom stereocenters. The van der Waals surface area contributed by atoms with Crippen LogP contribution in [0.4, 0.5) is 11.6 Å². The number of rotatable bonds is 7. The van der Waals surface area contributed by atoms with E-state index in [1.54, 1.807) is 6.20 Å². The quantitative estimate of drug-likeness (QED) is 0.513. The fourth-order valence-electron chi connectivity index (χ4n) is 1.09. The third-order valence-corrected chi connectivity index (χ3v) is 2.00. The molecule has 1 aromatic heterocycles. The first-order valence-electron chi connectivity index (χ1n) is 5.40. The lowest BCUT2D eigenvalue weighted by Gasteiger charge is -2.10. The van der Waals surface area contributed by atoms with Crippen LogP contribution < -0.4 is 16.4 Å². The Morgan fingerprint density at radius 1 is 1.47 bits per heavy atom. The number of hydrogen-bond donors (Lipinski definition) is 4. The number of nitrogens with two attached hydrogens (primary N) is 1. The molecule has 0 spiro atoms. The van der Waals surface area contributed by atoms with Crippen LogP contribution in [-0.2, 0) is 4.79 Å². The largest absolute Gasteiger partial charge is 0.381 e. The summed E-state index contributed by atoms with van der Waals surface area (Å²) in [5, 5.41) is 15.1. The Morgan fingerprint density at radius 2 is 2.12 bits per heavy atom. The van der Waals surface area contributed by atoms with E-state index in [2.05, 4.69) is 20.6 Å². The highest BCUT2D eigenvalue weighted by Gasteiger charge is 2.10. The van der Waals surface area contributed by atoms with Gasteiger partial charge in [-0.2, -0.15) is 0 Å². The summed E-state index contributed by atoms with van der Waals surface area (Å²) in [5.74, 6) is 0.350. The van der Waals surface area contributed by atoms with E-state index < -0.39 is 12.0 Å². The molecule has 0 aromatic carbocycles. The molecule has 0 aliphatic heterocycles. The summed E-state index contributed by atoms with van der Waals surface area (Å²) < 4.78 is 0. The molecule has 0 saturated carbocycles. The number of nitrogens with zero attached hydrogens (tertiary/aromatic N) is 2. The summed E-state index contributed by atoms with van der Waals surface area (Å²) in [6, 6.07) is 0. The maximum absolute atomic E-state index is 10.6. The first kappa shape index (κ1) is 13.2. The van der Waals surface area contributed by atoms with Gasteiger partial charge < -0.3 is 21.5 Å². The van der Waals surface area contributed by atoms with Crippen LogP contribution in [0.3, 0.4) is 0 Å². The second kappa shape index (κ2) is 6.64. The monoisotopic (exact) mass is 239 g/mol. The molecule has 17 heavy (non-hydrogen) atoms. The molecular formula is C10H17N5O2. The minimum absolute atomic E-state index is 0.0151. The summed E-state index contributed by atoms with van der Waals surface area (Å²) in [6.07, 6.45) is 2.86. The van der Waals surface area contributed by atoms with Gasteiger partial charge in [0, 0.05) is 6.54 Å². The van der Waals surface area contributed by atoms with Crippen LogP contribution >= 0.6 is 0 Å². The predicted molar refractivity (Wildman–Crippen MR) is 64.5 cm³/mol. The highest BCUT2D eigenvalue weighted by Crippen LogP contribution is 2.06. The minimum atomic E-state index is -1.23. The molecule has 1 aromatic rings. The molecule has 7 nitrogen and oxygen atoms in total. The van der Waals surface area contributed by atoms with E-state index in [0.29, 0.717) is 11.6 Å². The van der Waals surface area contributed by atoms with Crippen LogP contribution in [0, 0.1) is 0 Å². The molecule has 0 bridgehead atoms. The number of aliphatic hydroxyl groups excluding tert-OH is 1. The molecule has 1 atom stereocenters. The van der Waals surface area contributed by atoms with Crippen LogP contribution in [0.2, 0.25) is 0 Å². The average molecular weight is 239 g/mol. The highest BCUT2D eigenvalue weighted by atomic mass is 16.3. The van der Waals surface area contributed by atoms with Crippen molar-refractivity contribution in [1.29, 1.82) is 0 Å². The molecule has 0 radical (unpaired) electrons. The van der Waals surface area contributed by atoms with Crippen LogP contribution in [-0.4, -0.2) is 40.2 Å². The fraction of sp³-hybridized carbons (Fsp3) is 0.500. The van der Waals surface area contributed by atoms with E-state index in [1.165, 1.54) is 6.20 Å². The Labute approximate surface area is 99.5 Å². The summed E-state index contributed by atoms with van der Waals surface area (Å²) >= 11 is 0. The second-order valence-electron chi connectivity index (χ2n) is 3.52. The van der Waals surface area contributed by atoms with Crippen molar-refractivity contribution in [2.24, 2.45) is 5.73 Å². The third kappa shape index (κ3) is 4.64. The van der Waals surface area contributed by atoms with Crippen LogP contribution in [0.1, 0.15) is 13.3 Å². The van der Waals surface area contributed by atoms with E-state index in [1.807, 2.05) is 6.92 Å². The zero-order chi connectivity index (χ0) is 12.7. The molecule has 0 aliphatic rings. The zero-order valence-corrected chi connectivity index (χ0v) is 9.68. The normalized spacial score (nSPS) is 11.9. The minimum Gasteiger partial charge on any atom is -0.381 e. The van der Waals surface area contributed by atoms with E-state index >= 15 is 0 Å².